The molecule has 0 spiro atoms. The molecular formula is C17H14ClN3S. The lowest BCUT2D eigenvalue weighted by molar-refractivity contribution is 0.871. The van der Waals surface area contributed by atoms with Gasteiger partial charge in [-0.1, -0.05) is 18.2 Å². The average Bonchev–Trinajstić information content (AvgIpc) is 3.12. The number of nitrogens with zero attached hydrogens (tertiary/aromatic N) is 2. The fourth-order valence-corrected chi connectivity index (χ4v) is 3.97. The molecule has 1 aliphatic rings. The lowest BCUT2D eigenvalue weighted by Gasteiger charge is -2.19. The molecule has 1 aliphatic heterocycles. The molecule has 0 saturated heterocycles. The highest BCUT2D eigenvalue weighted by Gasteiger charge is 2.19. The number of aliphatic imine (C=N–C) groups is 1. The second-order valence-electron chi connectivity index (χ2n) is 5.26. The van der Waals surface area contributed by atoms with Crippen LogP contribution in [0, 0.1) is 0 Å². The number of aromatic nitrogens is 1. The lowest BCUT2D eigenvalue weighted by Crippen LogP contribution is -2.23. The monoisotopic (exact) mass is 327 g/mol. The number of aryl methyl sites for hydroxylation is 1. The van der Waals surface area contributed by atoms with Crippen LogP contribution in [0.3, 0.4) is 0 Å². The van der Waals surface area contributed by atoms with Crippen molar-refractivity contribution in [3.05, 3.63) is 65.3 Å². The van der Waals surface area contributed by atoms with E-state index in [1.807, 2.05) is 19.3 Å². The first-order valence-corrected chi connectivity index (χ1v) is 8.22. The zero-order valence-electron chi connectivity index (χ0n) is 12.0. The van der Waals surface area contributed by atoms with Gasteiger partial charge in [0.15, 0.2) is 5.29 Å². The summed E-state index contributed by atoms with van der Waals surface area (Å²) in [5.41, 5.74) is 2.09. The molecular weight excluding hydrogens is 314 g/mol. The first-order valence-electron chi connectivity index (χ1n) is 7.03. The van der Waals surface area contributed by atoms with Crippen LogP contribution in [0.25, 0.3) is 15.8 Å². The molecule has 1 unspecified atom stereocenters. The molecule has 0 radical (unpaired) electrons. The molecule has 3 aromatic rings. The van der Waals surface area contributed by atoms with Crippen LogP contribution in [0.5, 0.6) is 0 Å². The SMILES string of the molecule is Cn1cccc1C1=CC(c2cc3ccccc3s2)N=C(Cl)N1. The third-order valence-electron chi connectivity index (χ3n) is 3.77. The third kappa shape index (κ3) is 2.34. The summed E-state index contributed by atoms with van der Waals surface area (Å²) in [4.78, 5) is 5.73. The minimum Gasteiger partial charge on any atom is -0.349 e. The van der Waals surface area contributed by atoms with Gasteiger partial charge in [0.25, 0.3) is 0 Å². The Labute approximate surface area is 137 Å². The Hall–Kier alpha value is -2.04. The average molecular weight is 328 g/mol. The van der Waals surface area contributed by atoms with E-state index in [4.69, 9.17) is 11.6 Å². The number of amidine groups is 1. The maximum absolute atomic E-state index is 6.22. The molecule has 3 nitrogen and oxygen atoms in total. The normalized spacial score (nSPS) is 18.0. The van der Waals surface area contributed by atoms with Crippen molar-refractivity contribution in [2.24, 2.45) is 12.0 Å². The molecule has 1 N–H and O–H groups in total. The van der Waals surface area contributed by atoms with Crippen LogP contribution >= 0.6 is 22.9 Å². The maximum Gasteiger partial charge on any atom is 0.196 e. The van der Waals surface area contributed by atoms with Crippen molar-refractivity contribution in [1.29, 1.82) is 0 Å². The number of thiophene rings is 1. The number of benzene rings is 1. The molecule has 0 aliphatic carbocycles. The molecule has 0 bridgehead atoms. The van der Waals surface area contributed by atoms with Crippen LogP contribution in [0.2, 0.25) is 0 Å². The van der Waals surface area contributed by atoms with Crippen molar-refractivity contribution < 1.29 is 0 Å². The summed E-state index contributed by atoms with van der Waals surface area (Å²) in [5.74, 6) is 0. The summed E-state index contributed by atoms with van der Waals surface area (Å²) in [6.07, 6.45) is 4.15. The van der Waals surface area contributed by atoms with Gasteiger partial charge in [-0.2, -0.15) is 0 Å². The van der Waals surface area contributed by atoms with Gasteiger partial charge in [0, 0.05) is 22.8 Å². The number of hydrogen-bond acceptors (Lipinski definition) is 3. The zero-order valence-corrected chi connectivity index (χ0v) is 13.5. The minimum absolute atomic E-state index is 0.0453. The second kappa shape index (κ2) is 5.30. The van der Waals surface area contributed by atoms with Crippen molar-refractivity contribution in [2.75, 3.05) is 0 Å². The minimum atomic E-state index is -0.0453. The molecule has 1 atom stereocenters. The van der Waals surface area contributed by atoms with E-state index in [-0.39, 0.29) is 6.04 Å². The highest BCUT2D eigenvalue weighted by Crippen LogP contribution is 2.35. The predicted octanol–water partition coefficient (Wildman–Crippen LogP) is 4.52. The number of hydrogen-bond donors (Lipinski definition) is 1. The number of halogens is 1. The summed E-state index contributed by atoms with van der Waals surface area (Å²) in [7, 11) is 2.02. The van der Waals surface area contributed by atoms with Gasteiger partial charge in [-0.15, -0.1) is 11.3 Å². The summed E-state index contributed by atoms with van der Waals surface area (Å²) < 4.78 is 3.34. The molecule has 4 rings (SSSR count). The fraction of sp³-hybridized carbons (Fsp3) is 0.118. The smallest absolute Gasteiger partial charge is 0.196 e. The van der Waals surface area contributed by atoms with Crippen molar-refractivity contribution in [3.63, 3.8) is 0 Å². The summed E-state index contributed by atoms with van der Waals surface area (Å²) in [5, 5.41) is 4.84. The molecule has 110 valence electrons. The van der Waals surface area contributed by atoms with E-state index < -0.39 is 0 Å². The van der Waals surface area contributed by atoms with E-state index in [0.29, 0.717) is 5.29 Å². The van der Waals surface area contributed by atoms with Crippen LogP contribution in [0.4, 0.5) is 0 Å². The van der Waals surface area contributed by atoms with Gasteiger partial charge >= 0.3 is 0 Å². The van der Waals surface area contributed by atoms with E-state index >= 15 is 0 Å². The maximum atomic E-state index is 6.22. The zero-order chi connectivity index (χ0) is 15.1. The van der Waals surface area contributed by atoms with Gasteiger partial charge in [-0.25, -0.2) is 4.99 Å². The third-order valence-corrected chi connectivity index (χ3v) is 5.15. The van der Waals surface area contributed by atoms with Crippen LogP contribution in [0.15, 0.2) is 59.7 Å². The second-order valence-corrected chi connectivity index (χ2v) is 6.73. The molecule has 0 amide bonds. The van der Waals surface area contributed by atoms with E-state index in [2.05, 4.69) is 57.4 Å². The molecule has 2 aromatic heterocycles. The quantitative estimate of drug-likeness (QED) is 0.689. The Morgan fingerprint density at radius 1 is 1.23 bits per heavy atom. The van der Waals surface area contributed by atoms with Gasteiger partial charge < -0.3 is 9.88 Å². The standard InChI is InChI=1S/C17H14ClN3S/c1-21-8-4-6-14(21)12-10-13(20-17(18)19-12)16-9-11-5-2-3-7-15(11)22-16/h2-10,13H,1H3,(H,19,20). The molecule has 3 heterocycles. The van der Waals surface area contributed by atoms with Gasteiger partial charge in [-0.3, -0.25) is 0 Å². The van der Waals surface area contributed by atoms with Gasteiger partial charge in [0.1, 0.15) is 6.04 Å². The number of rotatable bonds is 2. The van der Waals surface area contributed by atoms with E-state index in [0.717, 1.165) is 11.4 Å². The number of nitrogens with one attached hydrogen (secondary N) is 1. The van der Waals surface area contributed by atoms with Crippen molar-refractivity contribution >= 4 is 44.0 Å². The van der Waals surface area contributed by atoms with Gasteiger partial charge in [0.2, 0.25) is 0 Å². The molecule has 0 fully saturated rings. The summed E-state index contributed by atoms with van der Waals surface area (Å²) in [6, 6.07) is 14.6. The largest absolute Gasteiger partial charge is 0.349 e. The van der Waals surface area contributed by atoms with Crippen LogP contribution in [-0.4, -0.2) is 9.86 Å². The molecule has 5 heteroatoms. The van der Waals surface area contributed by atoms with Gasteiger partial charge in [0.05, 0.1) is 11.4 Å². The van der Waals surface area contributed by atoms with Crippen molar-refractivity contribution in [1.82, 2.24) is 9.88 Å². The Kier molecular flexibility index (Phi) is 3.28. The van der Waals surface area contributed by atoms with Crippen molar-refractivity contribution in [3.8, 4) is 0 Å². The Balaban J connectivity index is 1.78. The Bertz CT molecular complexity index is 870. The Morgan fingerprint density at radius 3 is 2.86 bits per heavy atom. The van der Waals surface area contributed by atoms with Crippen LogP contribution in [-0.2, 0) is 7.05 Å². The summed E-state index contributed by atoms with van der Waals surface area (Å²) >= 11 is 7.98. The first kappa shape index (κ1) is 13.6. The van der Waals surface area contributed by atoms with Crippen LogP contribution in [0.1, 0.15) is 16.6 Å². The number of fused-ring (bicyclic) bond motifs is 1. The van der Waals surface area contributed by atoms with Crippen LogP contribution < -0.4 is 5.32 Å². The van der Waals surface area contributed by atoms with E-state index in [1.54, 1.807) is 11.3 Å². The summed E-state index contributed by atoms with van der Waals surface area (Å²) in [6.45, 7) is 0. The fourth-order valence-electron chi connectivity index (χ4n) is 2.69. The first-order chi connectivity index (χ1) is 10.7. The predicted molar refractivity (Wildman–Crippen MR) is 94.4 cm³/mol. The Morgan fingerprint density at radius 2 is 2.09 bits per heavy atom. The highest BCUT2D eigenvalue weighted by atomic mass is 35.5. The highest BCUT2D eigenvalue weighted by molar-refractivity contribution is 7.19. The van der Waals surface area contributed by atoms with E-state index in [9.17, 15) is 0 Å². The van der Waals surface area contributed by atoms with E-state index in [1.165, 1.54) is 15.0 Å². The van der Waals surface area contributed by atoms with Gasteiger partial charge in [-0.05, 0) is 47.3 Å². The molecule has 22 heavy (non-hydrogen) atoms. The lowest BCUT2D eigenvalue weighted by atomic mass is 10.1. The topological polar surface area (TPSA) is 29.3 Å². The molecule has 0 saturated carbocycles. The molecule has 1 aromatic carbocycles. The van der Waals surface area contributed by atoms with Crippen molar-refractivity contribution in [2.45, 2.75) is 6.04 Å².